The van der Waals surface area contributed by atoms with Crippen molar-refractivity contribution in [2.45, 2.75) is 92.5 Å². The van der Waals surface area contributed by atoms with Crippen molar-refractivity contribution in [3.05, 3.63) is 0 Å². The van der Waals surface area contributed by atoms with Gasteiger partial charge in [-0.05, 0) is 6.92 Å². The van der Waals surface area contributed by atoms with E-state index in [1.54, 1.807) is 20.8 Å². The summed E-state index contributed by atoms with van der Waals surface area (Å²) >= 11 is 0. The van der Waals surface area contributed by atoms with Crippen LogP contribution >= 0.6 is 0 Å². The SMILES string of the molecule is CCC(C)[O-].CCC(C)[O-].CCC(C)[O-].COC(=O)CC(C)=O.[Al+3]. The zero-order valence-electron chi connectivity index (χ0n) is 16.6. The summed E-state index contributed by atoms with van der Waals surface area (Å²) in [7, 11) is 1.26. The fraction of sp³-hybridized carbons (Fsp3) is 0.882. The molecule has 0 saturated heterocycles. The third-order valence-corrected chi connectivity index (χ3v) is 2.35. The summed E-state index contributed by atoms with van der Waals surface area (Å²) in [5.74, 6) is -0.644. The van der Waals surface area contributed by atoms with Gasteiger partial charge in [-0.15, -0.1) is 18.3 Å². The predicted molar refractivity (Wildman–Crippen MR) is 92.3 cm³/mol. The van der Waals surface area contributed by atoms with E-state index in [0.29, 0.717) is 0 Å². The Morgan fingerprint density at radius 1 is 0.833 bits per heavy atom. The smallest absolute Gasteiger partial charge is 0.852 e. The van der Waals surface area contributed by atoms with Gasteiger partial charge >= 0.3 is 23.3 Å². The molecule has 0 spiro atoms. The predicted octanol–water partition coefficient (Wildman–Crippen LogP) is 0.193. The van der Waals surface area contributed by atoms with Gasteiger partial charge in [0.25, 0.3) is 0 Å². The summed E-state index contributed by atoms with van der Waals surface area (Å²) in [5.41, 5.74) is 0. The number of esters is 1. The molecule has 0 aliphatic rings. The molecule has 7 heteroatoms. The Hall–Kier alpha value is -0.448. The number of carbonyl (C=O) groups excluding carboxylic acids is 2. The molecule has 0 radical (unpaired) electrons. The molecular weight excluding hydrogens is 327 g/mol. The average molecular weight is 362 g/mol. The number of rotatable bonds is 5. The molecule has 0 aromatic rings. The molecule has 0 aromatic heterocycles. The quantitative estimate of drug-likeness (QED) is 0.392. The number of carbonyl (C=O) groups is 2. The Morgan fingerprint density at radius 3 is 1.08 bits per heavy atom. The maximum absolute atomic E-state index is 10.2. The summed E-state index contributed by atoms with van der Waals surface area (Å²) in [6.07, 6.45) is 1.04. The van der Waals surface area contributed by atoms with Gasteiger partial charge in [-0.3, -0.25) is 9.59 Å². The van der Waals surface area contributed by atoms with Gasteiger partial charge < -0.3 is 20.1 Å². The fourth-order valence-electron chi connectivity index (χ4n) is 0.275. The Kier molecular flexibility index (Phi) is 39.7. The summed E-state index contributed by atoms with van der Waals surface area (Å²) < 4.78 is 4.20. The molecule has 3 unspecified atom stereocenters. The Labute approximate surface area is 158 Å². The second-order valence-corrected chi connectivity index (χ2v) is 5.11. The monoisotopic (exact) mass is 362 g/mol. The van der Waals surface area contributed by atoms with Crippen molar-refractivity contribution in [3.8, 4) is 0 Å². The molecule has 0 bridgehead atoms. The van der Waals surface area contributed by atoms with Gasteiger partial charge in [-0.2, -0.15) is 0 Å². The fourth-order valence-corrected chi connectivity index (χ4v) is 0.275. The van der Waals surface area contributed by atoms with Crippen molar-refractivity contribution >= 4 is 29.1 Å². The Morgan fingerprint density at radius 2 is 1.04 bits per heavy atom. The van der Waals surface area contributed by atoms with E-state index in [1.165, 1.54) is 14.0 Å². The first-order valence-corrected chi connectivity index (χ1v) is 8.01. The van der Waals surface area contributed by atoms with Gasteiger partial charge in [0.1, 0.15) is 12.2 Å². The van der Waals surface area contributed by atoms with E-state index >= 15 is 0 Å². The Balaban J connectivity index is -0.0000000677. The third-order valence-electron chi connectivity index (χ3n) is 2.35. The van der Waals surface area contributed by atoms with E-state index in [2.05, 4.69) is 4.74 Å². The van der Waals surface area contributed by atoms with Crippen LogP contribution in [0.3, 0.4) is 0 Å². The van der Waals surface area contributed by atoms with Crippen LogP contribution < -0.4 is 15.3 Å². The second kappa shape index (κ2) is 27.4. The first kappa shape index (κ1) is 34.8. The van der Waals surface area contributed by atoms with E-state index < -0.39 is 5.97 Å². The van der Waals surface area contributed by atoms with E-state index in [9.17, 15) is 24.9 Å². The molecule has 24 heavy (non-hydrogen) atoms. The summed E-state index contributed by atoms with van der Waals surface area (Å²) in [6, 6.07) is 0. The molecule has 0 N–H and O–H groups in total. The molecule has 142 valence electrons. The number of hydrogen-bond acceptors (Lipinski definition) is 6. The number of methoxy groups -OCH3 is 1. The van der Waals surface area contributed by atoms with E-state index in [4.69, 9.17) is 0 Å². The molecular formula is C17H35AlO6. The van der Waals surface area contributed by atoms with Crippen LogP contribution in [0.15, 0.2) is 0 Å². The van der Waals surface area contributed by atoms with Crippen molar-refractivity contribution in [1.82, 2.24) is 0 Å². The van der Waals surface area contributed by atoms with Gasteiger partial charge in [0.15, 0.2) is 0 Å². The molecule has 0 aromatic carbocycles. The number of ether oxygens (including phenoxy) is 1. The molecule has 0 aliphatic heterocycles. The minimum absolute atomic E-state index is 0. The van der Waals surface area contributed by atoms with E-state index in [-0.39, 0.29) is 47.9 Å². The first-order chi connectivity index (χ1) is 10.5. The van der Waals surface area contributed by atoms with Crippen LogP contribution in [-0.2, 0) is 14.3 Å². The third kappa shape index (κ3) is 68.2. The first-order valence-electron chi connectivity index (χ1n) is 8.01. The number of hydrogen-bond donors (Lipinski definition) is 0. The van der Waals surface area contributed by atoms with Crippen LogP contribution in [0.5, 0.6) is 0 Å². The van der Waals surface area contributed by atoms with Crippen LogP contribution in [0.2, 0.25) is 0 Å². The van der Waals surface area contributed by atoms with Gasteiger partial charge in [0, 0.05) is 0 Å². The normalized spacial score (nSPS) is 12.1. The molecule has 0 fully saturated rings. The van der Waals surface area contributed by atoms with Crippen molar-refractivity contribution in [3.63, 3.8) is 0 Å². The number of ketones is 1. The average Bonchev–Trinajstić information content (AvgIpc) is 2.48. The van der Waals surface area contributed by atoms with Crippen LogP contribution in [-0.4, -0.2) is 54.5 Å². The van der Waals surface area contributed by atoms with Crippen LogP contribution in [0.25, 0.3) is 0 Å². The largest absolute Gasteiger partial charge is 3.00 e. The summed E-state index contributed by atoms with van der Waals surface area (Å²) in [6.45, 7) is 12.0. The van der Waals surface area contributed by atoms with Crippen molar-refractivity contribution in [1.29, 1.82) is 0 Å². The maximum atomic E-state index is 10.2. The standard InChI is InChI=1S/C5H8O3.3C4H9O.Al/c1-4(6)3-5(7)8-2;3*1-3-4(2)5;/h3H2,1-2H3;3*4H,3H2,1-2H3;/q;3*-1;+3. The summed E-state index contributed by atoms with van der Waals surface area (Å²) in [5, 5.41) is 29.7. The zero-order chi connectivity index (χ0) is 19.4. The minimum atomic E-state index is -0.475. The van der Waals surface area contributed by atoms with Gasteiger partial charge in [0.05, 0.1) is 7.11 Å². The minimum Gasteiger partial charge on any atom is -0.852 e. The van der Waals surface area contributed by atoms with E-state index in [0.717, 1.165) is 19.3 Å². The molecule has 0 heterocycles. The molecule has 3 atom stereocenters. The molecule has 0 amide bonds. The molecule has 6 nitrogen and oxygen atoms in total. The summed E-state index contributed by atoms with van der Waals surface area (Å²) in [4.78, 5) is 20.3. The van der Waals surface area contributed by atoms with Gasteiger partial charge in [-0.1, -0.05) is 60.8 Å². The van der Waals surface area contributed by atoms with Crippen molar-refractivity contribution in [2.24, 2.45) is 0 Å². The maximum Gasteiger partial charge on any atom is 3.00 e. The van der Waals surface area contributed by atoms with Crippen molar-refractivity contribution < 1.29 is 29.6 Å². The van der Waals surface area contributed by atoms with Crippen LogP contribution in [0.4, 0.5) is 0 Å². The molecule has 0 saturated carbocycles. The Bertz CT molecular complexity index is 236. The van der Waals surface area contributed by atoms with Crippen molar-refractivity contribution in [2.75, 3.05) is 7.11 Å². The van der Waals surface area contributed by atoms with Crippen LogP contribution in [0.1, 0.15) is 74.1 Å². The molecule has 0 rings (SSSR count). The number of Topliss-reactive ketones (excluding diaryl/α,β-unsaturated/α-hetero) is 1. The van der Waals surface area contributed by atoms with Crippen LogP contribution in [0, 0.1) is 0 Å². The topological polar surface area (TPSA) is 113 Å². The van der Waals surface area contributed by atoms with Gasteiger partial charge in [-0.25, -0.2) is 0 Å². The zero-order valence-corrected chi connectivity index (χ0v) is 17.7. The van der Waals surface area contributed by atoms with Gasteiger partial charge in [0.2, 0.25) is 0 Å². The van der Waals surface area contributed by atoms with E-state index in [1.807, 2.05) is 20.8 Å². The molecule has 0 aliphatic carbocycles. The second-order valence-electron chi connectivity index (χ2n) is 5.11.